The molecule has 2 N–H and O–H groups in total. The molecule has 4 nitrogen and oxygen atoms in total. The Hall–Kier alpha value is -1.94. The first-order valence-electron chi connectivity index (χ1n) is 6.52. The average molecular weight is 334 g/mol. The number of primary amides is 1. The minimum atomic E-state index is -4.51. The summed E-state index contributed by atoms with van der Waals surface area (Å²) >= 11 is 5.86. The molecular formula is C14H15ClF3N3O. The van der Waals surface area contributed by atoms with E-state index in [9.17, 15) is 18.0 Å². The first-order valence-corrected chi connectivity index (χ1v) is 6.89. The molecule has 0 spiro atoms. The summed E-state index contributed by atoms with van der Waals surface area (Å²) in [6, 6.07) is 4.59. The highest BCUT2D eigenvalue weighted by atomic mass is 35.5. The van der Waals surface area contributed by atoms with Crippen LogP contribution in [-0.2, 0) is 4.79 Å². The number of alkyl halides is 3. The van der Waals surface area contributed by atoms with E-state index in [1.807, 2.05) is 6.07 Å². The Labute approximate surface area is 131 Å². The molecule has 0 aliphatic carbocycles. The van der Waals surface area contributed by atoms with Gasteiger partial charge in [-0.2, -0.15) is 18.4 Å². The van der Waals surface area contributed by atoms with Crippen LogP contribution >= 0.6 is 11.6 Å². The Morgan fingerprint density at radius 1 is 1.50 bits per heavy atom. The number of hydrogen-bond donors (Lipinski definition) is 1. The fraction of sp³-hybridized carbons (Fsp3) is 0.429. The monoisotopic (exact) mass is 333 g/mol. The second kappa shape index (κ2) is 7.36. The number of carbonyl (C=O) groups excluding carboxylic acids is 1. The van der Waals surface area contributed by atoms with Crippen molar-refractivity contribution >= 4 is 23.2 Å². The first-order chi connectivity index (χ1) is 10.2. The summed E-state index contributed by atoms with van der Waals surface area (Å²) in [6.45, 7) is 0.413. The van der Waals surface area contributed by atoms with E-state index < -0.39 is 24.7 Å². The van der Waals surface area contributed by atoms with E-state index in [-0.39, 0.29) is 22.7 Å². The second-order valence-electron chi connectivity index (χ2n) is 4.73. The van der Waals surface area contributed by atoms with E-state index >= 15 is 0 Å². The summed E-state index contributed by atoms with van der Waals surface area (Å²) in [4.78, 5) is 12.4. The molecule has 120 valence electrons. The van der Waals surface area contributed by atoms with Crippen LogP contribution in [0, 0.1) is 11.3 Å². The molecule has 0 aliphatic rings. The van der Waals surface area contributed by atoms with Crippen molar-refractivity contribution in [3.05, 3.63) is 28.8 Å². The smallest absolute Gasteiger partial charge is 0.368 e. The van der Waals surface area contributed by atoms with Gasteiger partial charge in [0.1, 0.15) is 18.7 Å². The molecule has 1 amide bonds. The minimum Gasteiger partial charge on any atom is -0.368 e. The summed E-state index contributed by atoms with van der Waals surface area (Å²) in [7, 11) is 0. The number of carbonyl (C=O) groups is 1. The third kappa shape index (κ3) is 4.81. The predicted octanol–water partition coefficient (Wildman–Crippen LogP) is 3.23. The third-order valence-electron chi connectivity index (χ3n) is 3.02. The fourth-order valence-corrected chi connectivity index (χ4v) is 2.29. The molecule has 0 radical (unpaired) electrons. The number of hydrogen-bond acceptors (Lipinski definition) is 3. The largest absolute Gasteiger partial charge is 0.405 e. The number of nitriles is 1. The zero-order valence-corrected chi connectivity index (χ0v) is 12.6. The van der Waals surface area contributed by atoms with E-state index in [0.717, 1.165) is 4.90 Å². The first kappa shape index (κ1) is 18.1. The molecule has 1 unspecified atom stereocenters. The van der Waals surface area contributed by atoms with Crippen molar-refractivity contribution in [2.45, 2.75) is 32.0 Å². The third-order valence-corrected chi connectivity index (χ3v) is 3.33. The van der Waals surface area contributed by atoms with Crippen LogP contribution in [0.15, 0.2) is 18.2 Å². The van der Waals surface area contributed by atoms with E-state index in [1.54, 1.807) is 6.92 Å². The van der Waals surface area contributed by atoms with Gasteiger partial charge < -0.3 is 10.6 Å². The Morgan fingerprint density at radius 3 is 2.55 bits per heavy atom. The van der Waals surface area contributed by atoms with Crippen LogP contribution in [0.1, 0.15) is 25.3 Å². The number of anilines is 1. The van der Waals surface area contributed by atoms with E-state index in [1.165, 1.54) is 18.2 Å². The lowest BCUT2D eigenvalue weighted by Gasteiger charge is -2.32. The van der Waals surface area contributed by atoms with Crippen LogP contribution in [0.25, 0.3) is 0 Å². The molecule has 22 heavy (non-hydrogen) atoms. The molecule has 1 aromatic carbocycles. The Morgan fingerprint density at radius 2 is 2.14 bits per heavy atom. The highest BCUT2D eigenvalue weighted by Gasteiger charge is 2.36. The topological polar surface area (TPSA) is 70.1 Å². The molecule has 0 saturated heterocycles. The van der Waals surface area contributed by atoms with Gasteiger partial charge in [-0.05, 0) is 24.6 Å². The molecule has 1 atom stereocenters. The summed E-state index contributed by atoms with van der Waals surface area (Å²) < 4.78 is 38.5. The predicted molar refractivity (Wildman–Crippen MR) is 77.5 cm³/mol. The zero-order chi connectivity index (χ0) is 16.9. The van der Waals surface area contributed by atoms with Gasteiger partial charge in [-0.15, -0.1) is 0 Å². The van der Waals surface area contributed by atoms with E-state index in [2.05, 4.69) is 0 Å². The molecule has 0 heterocycles. The van der Waals surface area contributed by atoms with Crippen molar-refractivity contribution in [2.75, 3.05) is 11.4 Å². The molecule has 1 rings (SSSR count). The standard InChI is InChI=1S/C14H15ClF3N3O/c1-2-3-12(13(20)22)21(8-14(16,17)18)10-5-4-9(7-19)11(15)6-10/h4-6,12H,2-3,8H2,1H3,(H2,20,22). The van der Waals surface area contributed by atoms with Gasteiger partial charge in [0.2, 0.25) is 5.91 Å². The lowest BCUT2D eigenvalue weighted by Crippen LogP contribution is -2.48. The summed E-state index contributed by atoms with van der Waals surface area (Å²) in [5.41, 5.74) is 5.48. The lowest BCUT2D eigenvalue weighted by molar-refractivity contribution is -0.125. The van der Waals surface area contributed by atoms with Crippen molar-refractivity contribution in [2.24, 2.45) is 5.73 Å². The quantitative estimate of drug-likeness (QED) is 0.868. The fourth-order valence-electron chi connectivity index (χ4n) is 2.07. The maximum atomic E-state index is 12.8. The van der Waals surface area contributed by atoms with Gasteiger partial charge >= 0.3 is 6.18 Å². The van der Waals surface area contributed by atoms with Crippen LogP contribution in [0.4, 0.5) is 18.9 Å². The maximum Gasteiger partial charge on any atom is 0.405 e. The Balaban J connectivity index is 3.28. The van der Waals surface area contributed by atoms with Crippen molar-refractivity contribution in [1.29, 1.82) is 5.26 Å². The lowest BCUT2D eigenvalue weighted by atomic mass is 10.1. The number of halogens is 4. The highest BCUT2D eigenvalue weighted by Crippen LogP contribution is 2.29. The van der Waals surface area contributed by atoms with Gasteiger partial charge in [0.25, 0.3) is 0 Å². The van der Waals surface area contributed by atoms with Gasteiger partial charge in [0.15, 0.2) is 0 Å². The molecular weight excluding hydrogens is 319 g/mol. The van der Waals surface area contributed by atoms with Crippen LogP contribution in [0.5, 0.6) is 0 Å². The van der Waals surface area contributed by atoms with Gasteiger partial charge in [0.05, 0.1) is 10.6 Å². The van der Waals surface area contributed by atoms with Gasteiger partial charge in [-0.25, -0.2) is 0 Å². The molecule has 0 aromatic heterocycles. The molecule has 0 aliphatic heterocycles. The van der Waals surface area contributed by atoms with Gasteiger partial charge in [-0.1, -0.05) is 24.9 Å². The molecule has 0 saturated carbocycles. The molecule has 8 heteroatoms. The highest BCUT2D eigenvalue weighted by molar-refractivity contribution is 6.32. The SMILES string of the molecule is CCCC(C(N)=O)N(CC(F)(F)F)c1ccc(C#N)c(Cl)c1. The second-order valence-corrected chi connectivity index (χ2v) is 5.13. The molecule has 1 aromatic rings. The van der Waals surface area contributed by atoms with E-state index in [4.69, 9.17) is 22.6 Å². The molecule has 0 fully saturated rings. The molecule has 0 bridgehead atoms. The van der Waals surface area contributed by atoms with Crippen LogP contribution in [0.2, 0.25) is 5.02 Å². The Kier molecular flexibility index (Phi) is 6.06. The average Bonchev–Trinajstić information content (AvgIpc) is 2.41. The van der Waals surface area contributed by atoms with Crippen molar-refractivity contribution in [3.63, 3.8) is 0 Å². The number of benzene rings is 1. The van der Waals surface area contributed by atoms with Crippen molar-refractivity contribution in [3.8, 4) is 6.07 Å². The minimum absolute atomic E-state index is 0.0203. The van der Waals surface area contributed by atoms with Crippen molar-refractivity contribution < 1.29 is 18.0 Å². The van der Waals surface area contributed by atoms with E-state index in [0.29, 0.717) is 6.42 Å². The van der Waals surface area contributed by atoms with Gasteiger partial charge in [0, 0.05) is 5.69 Å². The summed E-state index contributed by atoms with van der Waals surface area (Å²) in [5.74, 6) is -0.841. The summed E-state index contributed by atoms with van der Waals surface area (Å²) in [6.07, 6.45) is -3.84. The number of nitrogens with zero attached hydrogens (tertiary/aromatic N) is 2. The Bertz CT molecular complexity index is 584. The summed E-state index contributed by atoms with van der Waals surface area (Å²) in [5, 5.41) is 8.83. The van der Waals surface area contributed by atoms with Crippen LogP contribution < -0.4 is 10.6 Å². The number of rotatable bonds is 6. The normalized spacial score (nSPS) is 12.5. The van der Waals surface area contributed by atoms with Crippen molar-refractivity contribution in [1.82, 2.24) is 0 Å². The zero-order valence-electron chi connectivity index (χ0n) is 11.8. The maximum absolute atomic E-state index is 12.8. The number of amides is 1. The van der Waals surface area contributed by atoms with Gasteiger partial charge in [-0.3, -0.25) is 4.79 Å². The van der Waals surface area contributed by atoms with Crippen LogP contribution in [0.3, 0.4) is 0 Å². The van der Waals surface area contributed by atoms with Crippen LogP contribution in [-0.4, -0.2) is 24.7 Å². The number of nitrogens with two attached hydrogens (primary N) is 1.